The van der Waals surface area contributed by atoms with Crippen LogP contribution in [-0.4, -0.2) is 14.7 Å². The smallest absolute Gasteiger partial charge is 0.174 e. The molecule has 1 fully saturated rings. The second kappa shape index (κ2) is 8.00. The summed E-state index contributed by atoms with van der Waals surface area (Å²) in [6.45, 7) is 4.23. The van der Waals surface area contributed by atoms with Crippen LogP contribution in [0.15, 0.2) is 91.3 Å². The second-order valence-corrected chi connectivity index (χ2v) is 8.36. The molecule has 2 atom stereocenters. The van der Waals surface area contributed by atoms with E-state index in [1.807, 2.05) is 18.3 Å². The van der Waals surface area contributed by atoms with E-state index in [9.17, 15) is 0 Å². The van der Waals surface area contributed by atoms with Gasteiger partial charge in [-0.05, 0) is 85.7 Å². The molecule has 1 saturated heterocycles. The minimum absolute atomic E-state index is 0.0419. The van der Waals surface area contributed by atoms with Crippen LogP contribution >= 0.6 is 12.2 Å². The molecule has 4 nitrogen and oxygen atoms in total. The SMILES string of the molecule is Cc1cccc(N2C(=S)N[C@H](c3ccccn3)[C@@H]2c2cccn2-c2cccc(C)c2)c1. The highest BCUT2D eigenvalue weighted by Gasteiger charge is 2.42. The number of anilines is 1. The van der Waals surface area contributed by atoms with Crippen LogP contribution in [-0.2, 0) is 0 Å². The van der Waals surface area contributed by atoms with Crippen molar-refractivity contribution in [1.29, 1.82) is 0 Å². The van der Waals surface area contributed by atoms with Crippen molar-refractivity contribution in [3.05, 3.63) is 114 Å². The molecule has 1 N–H and O–H groups in total. The molecule has 0 aliphatic carbocycles. The van der Waals surface area contributed by atoms with Crippen LogP contribution in [0.3, 0.4) is 0 Å². The lowest BCUT2D eigenvalue weighted by Crippen LogP contribution is -2.30. The van der Waals surface area contributed by atoms with E-state index in [-0.39, 0.29) is 12.1 Å². The number of benzene rings is 2. The van der Waals surface area contributed by atoms with Crippen LogP contribution in [0, 0.1) is 13.8 Å². The quantitative estimate of drug-likeness (QED) is 0.428. The molecule has 1 aliphatic heterocycles. The van der Waals surface area contributed by atoms with Gasteiger partial charge in [0.2, 0.25) is 0 Å². The van der Waals surface area contributed by atoms with Crippen LogP contribution in [0.1, 0.15) is 34.6 Å². The first kappa shape index (κ1) is 19.5. The fraction of sp³-hybridized carbons (Fsp3) is 0.154. The Balaban J connectivity index is 1.68. The first-order valence-corrected chi connectivity index (χ1v) is 10.8. The molecule has 0 bridgehead atoms. The van der Waals surface area contributed by atoms with Crippen molar-refractivity contribution in [2.24, 2.45) is 0 Å². The average molecular weight is 425 g/mol. The zero-order chi connectivity index (χ0) is 21.4. The fourth-order valence-electron chi connectivity index (χ4n) is 4.36. The Bertz CT molecular complexity index is 1230. The number of aryl methyl sites for hydroxylation is 2. The molecule has 31 heavy (non-hydrogen) atoms. The summed E-state index contributed by atoms with van der Waals surface area (Å²) >= 11 is 5.85. The molecule has 2 aromatic heterocycles. The molecular formula is C26H24N4S. The van der Waals surface area contributed by atoms with Gasteiger partial charge in [-0.1, -0.05) is 30.3 Å². The number of thiocarbonyl (C=S) groups is 1. The number of nitrogens with zero attached hydrogens (tertiary/aromatic N) is 3. The van der Waals surface area contributed by atoms with E-state index in [0.717, 1.165) is 22.8 Å². The summed E-state index contributed by atoms with van der Waals surface area (Å²) in [5.74, 6) is 0. The third-order valence-electron chi connectivity index (χ3n) is 5.74. The molecule has 5 heteroatoms. The highest BCUT2D eigenvalue weighted by atomic mass is 32.1. The number of hydrogen-bond donors (Lipinski definition) is 1. The van der Waals surface area contributed by atoms with Gasteiger partial charge in [-0.2, -0.15) is 0 Å². The van der Waals surface area contributed by atoms with Crippen LogP contribution in [0.2, 0.25) is 0 Å². The van der Waals surface area contributed by atoms with Crippen LogP contribution in [0.25, 0.3) is 5.69 Å². The molecule has 0 amide bonds. The zero-order valence-corrected chi connectivity index (χ0v) is 18.4. The number of aromatic nitrogens is 2. The number of rotatable bonds is 4. The average Bonchev–Trinajstić information content (AvgIpc) is 3.38. The fourth-order valence-corrected chi connectivity index (χ4v) is 4.71. The van der Waals surface area contributed by atoms with Crippen LogP contribution < -0.4 is 10.2 Å². The lowest BCUT2D eigenvalue weighted by atomic mass is 10.0. The van der Waals surface area contributed by atoms with Crippen LogP contribution in [0.4, 0.5) is 5.69 Å². The first-order valence-electron chi connectivity index (χ1n) is 10.4. The van der Waals surface area contributed by atoms with Crippen molar-refractivity contribution in [2.75, 3.05) is 4.90 Å². The molecule has 3 heterocycles. The maximum absolute atomic E-state index is 5.85. The molecule has 2 aromatic carbocycles. The third-order valence-corrected chi connectivity index (χ3v) is 6.06. The molecule has 4 aromatic rings. The van der Waals surface area contributed by atoms with Crippen molar-refractivity contribution in [3.63, 3.8) is 0 Å². The number of nitrogens with one attached hydrogen (secondary N) is 1. The van der Waals surface area contributed by atoms with Gasteiger partial charge in [0, 0.05) is 29.5 Å². The van der Waals surface area contributed by atoms with E-state index < -0.39 is 0 Å². The second-order valence-electron chi connectivity index (χ2n) is 7.98. The predicted molar refractivity (Wildman–Crippen MR) is 130 cm³/mol. The first-order chi connectivity index (χ1) is 15.1. The van der Waals surface area contributed by atoms with E-state index in [1.165, 1.54) is 11.1 Å². The summed E-state index contributed by atoms with van der Waals surface area (Å²) in [4.78, 5) is 6.88. The molecule has 1 aliphatic rings. The Kier molecular flexibility index (Phi) is 5.04. The van der Waals surface area contributed by atoms with E-state index in [2.05, 4.69) is 107 Å². The Morgan fingerprint density at radius 2 is 1.58 bits per heavy atom. The number of hydrogen-bond acceptors (Lipinski definition) is 2. The van der Waals surface area contributed by atoms with Gasteiger partial charge < -0.3 is 14.8 Å². The van der Waals surface area contributed by atoms with Crippen molar-refractivity contribution in [3.8, 4) is 5.69 Å². The lowest BCUT2D eigenvalue weighted by molar-refractivity contribution is 0.549. The monoisotopic (exact) mass is 424 g/mol. The van der Waals surface area contributed by atoms with E-state index in [1.54, 1.807) is 0 Å². The Morgan fingerprint density at radius 1 is 0.839 bits per heavy atom. The molecular weight excluding hydrogens is 400 g/mol. The normalized spacial score (nSPS) is 18.3. The van der Waals surface area contributed by atoms with Gasteiger partial charge in [-0.15, -0.1) is 0 Å². The van der Waals surface area contributed by atoms with Gasteiger partial charge in [-0.3, -0.25) is 4.98 Å². The Hall–Kier alpha value is -3.44. The summed E-state index contributed by atoms with van der Waals surface area (Å²) < 4.78 is 2.26. The van der Waals surface area contributed by atoms with Crippen molar-refractivity contribution in [1.82, 2.24) is 14.9 Å². The molecule has 0 spiro atoms. The Labute approximate surface area is 188 Å². The highest BCUT2D eigenvalue weighted by molar-refractivity contribution is 7.80. The summed E-state index contributed by atoms with van der Waals surface area (Å²) in [5, 5.41) is 4.26. The molecule has 0 radical (unpaired) electrons. The third kappa shape index (κ3) is 3.62. The van der Waals surface area contributed by atoms with E-state index in [4.69, 9.17) is 12.2 Å². The van der Waals surface area contributed by atoms with E-state index >= 15 is 0 Å². The Morgan fingerprint density at radius 3 is 2.29 bits per heavy atom. The predicted octanol–water partition coefficient (Wildman–Crippen LogP) is 5.67. The molecule has 0 saturated carbocycles. The van der Waals surface area contributed by atoms with Gasteiger partial charge in [0.1, 0.15) is 6.04 Å². The number of pyridine rings is 1. The van der Waals surface area contributed by atoms with Gasteiger partial charge in [0.05, 0.1) is 11.7 Å². The van der Waals surface area contributed by atoms with Crippen LogP contribution in [0.5, 0.6) is 0 Å². The largest absolute Gasteiger partial charge is 0.351 e. The van der Waals surface area contributed by atoms with Crippen molar-refractivity contribution >= 4 is 23.0 Å². The maximum Gasteiger partial charge on any atom is 0.174 e. The van der Waals surface area contributed by atoms with Gasteiger partial charge in [-0.25, -0.2) is 0 Å². The lowest BCUT2D eigenvalue weighted by Gasteiger charge is -2.29. The summed E-state index contributed by atoms with van der Waals surface area (Å²) in [7, 11) is 0. The van der Waals surface area contributed by atoms with Crippen molar-refractivity contribution in [2.45, 2.75) is 25.9 Å². The minimum atomic E-state index is -0.0623. The van der Waals surface area contributed by atoms with Gasteiger partial charge in [0.15, 0.2) is 5.11 Å². The zero-order valence-electron chi connectivity index (χ0n) is 17.6. The highest BCUT2D eigenvalue weighted by Crippen LogP contribution is 2.42. The summed E-state index contributed by atoms with van der Waals surface area (Å²) in [6, 6.07) is 27.3. The summed E-state index contributed by atoms with van der Waals surface area (Å²) in [5.41, 5.74) is 6.79. The van der Waals surface area contributed by atoms with E-state index in [0.29, 0.717) is 5.11 Å². The van der Waals surface area contributed by atoms with Gasteiger partial charge >= 0.3 is 0 Å². The minimum Gasteiger partial charge on any atom is -0.351 e. The molecule has 0 unspecified atom stereocenters. The maximum atomic E-state index is 5.85. The standard InChI is InChI=1S/C26H24N4S/c1-18-8-5-10-20(16-18)29-15-7-13-23(29)25-24(22-12-3-4-14-27-22)28-26(31)30(25)21-11-6-9-19(2)17-21/h3-17,24-25H,1-2H3,(H,28,31)/t24-,25+/m1/s1. The summed E-state index contributed by atoms with van der Waals surface area (Å²) in [6.07, 6.45) is 3.96. The van der Waals surface area contributed by atoms with Gasteiger partial charge in [0.25, 0.3) is 0 Å². The molecule has 5 rings (SSSR count). The topological polar surface area (TPSA) is 33.1 Å². The van der Waals surface area contributed by atoms with Crippen molar-refractivity contribution < 1.29 is 0 Å². The molecule has 154 valence electrons.